The van der Waals surface area contributed by atoms with Crippen LogP contribution in [0.15, 0.2) is 0 Å². The maximum Gasteiger partial charge on any atom is 0.291 e. The van der Waals surface area contributed by atoms with E-state index in [0.29, 0.717) is 0 Å². The van der Waals surface area contributed by atoms with E-state index in [-0.39, 0.29) is 18.6 Å². The molecule has 1 radical (unpaired) electrons. The van der Waals surface area contributed by atoms with Crippen LogP contribution in [0.1, 0.15) is 0 Å². The monoisotopic (exact) mass is 238 g/mol. The molecule has 0 saturated heterocycles. The van der Waals surface area contributed by atoms with Crippen LogP contribution in [0.3, 0.4) is 0 Å². The summed E-state index contributed by atoms with van der Waals surface area (Å²) in [5.74, 6) is 0. The molecule has 0 spiro atoms. The van der Waals surface area contributed by atoms with E-state index in [2.05, 4.69) is 0 Å². The zero-order chi connectivity index (χ0) is 10.7. The van der Waals surface area contributed by atoms with Crippen molar-refractivity contribution in [2.24, 2.45) is 0 Å². The van der Waals surface area contributed by atoms with E-state index in [9.17, 15) is 0 Å². The van der Waals surface area contributed by atoms with Crippen molar-refractivity contribution in [2.45, 2.75) is 0 Å². The van der Waals surface area contributed by atoms with Crippen molar-refractivity contribution in [3.05, 3.63) is 40.8 Å². The second kappa shape index (κ2) is 16.6. The smallest absolute Gasteiger partial charge is 0.291 e. The summed E-state index contributed by atoms with van der Waals surface area (Å²) in [5, 5.41) is 43.1. The van der Waals surface area contributed by atoms with Crippen LogP contribution in [-0.2, 0) is 18.6 Å². The first-order chi connectivity index (χ1) is 5.20. The van der Waals surface area contributed by atoms with Gasteiger partial charge in [-0.3, -0.25) is 0 Å². The van der Waals surface area contributed by atoms with Crippen LogP contribution in [0.4, 0.5) is 0 Å². The summed E-state index contributed by atoms with van der Waals surface area (Å²) in [4.78, 5) is 24.9. The summed E-state index contributed by atoms with van der Waals surface area (Å²) in [6, 6.07) is 0. The Morgan fingerprint density at radius 2 is 0.769 bits per heavy atom. The summed E-state index contributed by atoms with van der Waals surface area (Å²) in [6.07, 6.45) is 0. The molecular weight excluding hydrogens is 237 g/mol. The predicted octanol–water partition coefficient (Wildman–Crippen LogP) is -0.828. The Bertz CT molecular complexity index is 112. The molecule has 0 aliphatic rings. The molecule has 0 atom stereocenters. The molecule has 0 amide bonds. The standard InChI is InChI=1S/HNO3.2NO3.V/c3*2-1(3)4;/h(H,2,3,4);;;/q;2*-1;. The minimum atomic E-state index is -1.75. The maximum absolute atomic E-state index is 8.36. The molecule has 1 N–H and O–H groups in total. The van der Waals surface area contributed by atoms with Gasteiger partial charge in [-0.2, -0.15) is 0 Å². The van der Waals surface area contributed by atoms with Crippen molar-refractivity contribution < 1.29 is 39.0 Å². The Labute approximate surface area is 80.6 Å². The zero-order valence-corrected chi connectivity index (χ0v) is 6.90. The first-order valence-corrected chi connectivity index (χ1v) is 1.66. The number of hydrogen-bond acceptors (Lipinski definition) is 8. The summed E-state index contributed by atoms with van der Waals surface area (Å²) >= 11 is 0. The molecule has 0 rings (SSSR count). The summed E-state index contributed by atoms with van der Waals surface area (Å²) in [5.41, 5.74) is 0. The Kier molecular flexibility index (Phi) is 28.8. The first-order valence-electron chi connectivity index (χ1n) is 1.66. The minimum Gasteiger partial charge on any atom is -0.356 e. The molecule has 0 heterocycles. The van der Waals surface area contributed by atoms with Crippen molar-refractivity contribution in [3.63, 3.8) is 0 Å². The fourth-order valence-electron chi connectivity index (χ4n) is 0. The van der Waals surface area contributed by atoms with Gasteiger partial charge < -0.3 is 35.9 Å². The van der Waals surface area contributed by atoms with Crippen molar-refractivity contribution in [2.75, 3.05) is 0 Å². The van der Waals surface area contributed by atoms with Crippen LogP contribution >= 0.6 is 0 Å². The van der Waals surface area contributed by atoms with Crippen LogP contribution in [-0.4, -0.2) is 20.5 Å². The molecule has 0 saturated carbocycles. The second-order valence-corrected chi connectivity index (χ2v) is 0.685. The van der Waals surface area contributed by atoms with Gasteiger partial charge in [-0.1, -0.05) is 0 Å². The summed E-state index contributed by atoms with van der Waals surface area (Å²) in [6.45, 7) is 0. The van der Waals surface area contributed by atoms with Crippen LogP contribution in [0.25, 0.3) is 0 Å². The average Bonchev–Trinajstić information content (AvgIpc) is 1.54. The van der Waals surface area contributed by atoms with Gasteiger partial charge in [0, 0.05) is 18.6 Å². The van der Waals surface area contributed by atoms with E-state index in [0.717, 1.165) is 0 Å². The molecule has 0 aromatic heterocycles. The van der Waals surface area contributed by atoms with Crippen LogP contribution in [0.2, 0.25) is 0 Å². The maximum atomic E-state index is 8.36. The van der Waals surface area contributed by atoms with Gasteiger partial charge in [0.15, 0.2) is 0 Å². The molecule has 77 valence electrons. The van der Waals surface area contributed by atoms with E-state index in [1.165, 1.54) is 0 Å². The third-order valence-electron chi connectivity index (χ3n) is 0. The van der Waals surface area contributed by atoms with Gasteiger partial charge in [0.1, 0.15) is 0 Å². The Morgan fingerprint density at radius 1 is 0.769 bits per heavy atom. The van der Waals surface area contributed by atoms with E-state index < -0.39 is 15.3 Å². The fraction of sp³-hybridized carbons (Fsp3) is 0. The second-order valence-electron chi connectivity index (χ2n) is 0.685. The van der Waals surface area contributed by atoms with Crippen LogP contribution in [0.5, 0.6) is 0 Å². The Morgan fingerprint density at radius 3 is 0.769 bits per heavy atom. The molecule has 0 aliphatic carbocycles. The third-order valence-corrected chi connectivity index (χ3v) is 0. The summed E-state index contributed by atoms with van der Waals surface area (Å²) in [7, 11) is 0. The molecule has 0 aliphatic heterocycles. The largest absolute Gasteiger partial charge is 0.356 e. The zero-order valence-electron chi connectivity index (χ0n) is 5.50. The third kappa shape index (κ3) is 207. The molecule has 0 bridgehead atoms. The Hall–Kier alpha value is -1.82. The summed E-state index contributed by atoms with van der Waals surface area (Å²) < 4.78 is 0. The van der Waals surface area contributed by atoms with Gasteiger partial charge >= 0.3 is 0 Å². The fourth-order valence-corrected chi connectivity index (χ4v) is 0. The van der Waals surface area contributed by atoms with Gasteiger partial charge in [-0.05, 0) is 0 Å². The minimum absolute atomic E-state index is 0. The Balaban J connectivity index is -0.0000000450. The number of rotatable bonds is 0. The molecule has 0 fully saturated rings. The van der Waals surface area contributed by atoms with Crippen molar-refractivity contribution >= 4 is 0 Å². The molecule has 0 aromatic rings. The van der Waals surface area contributed by atoms with Crippen LogP contribution < -0.4 is 0 Å². The van der Waals surface area contributed by atoms with Crippen molar-refractivity contribution in [3.8, 4) is 0 Å². The topological polar surface area (TPSA) is 196 Å². The van der Waals surface area contributed by atoms with Gasteiger partial charge in [-0.25, -0.2) is 0 Å². The average molecular weight is 238 g/mol. The quantitative estimate of drug-likeness (QED) is 0.413. The van der Waals surface area contributed by atoms with E-state index in [1.807, 2.05) is 0 Å². The molecular formula is HN3O9V-2. The normalized spacial score (nSPS) is 5.54. The molecule has 0 aromatic carbocycles. The van der Waals surface area contributed by atoms with Gasteiger partial charge in [0.05, 0.1) is 10.2 Å². The molecule has 13 heteroatoms. The van der Waals surface area contributed by atoms with E-state index in [4.69, 9.17) is 46.0 Å². The van der Waals surface area contributed by atoms with Crippen LogP contribution in [0, 0.1) is 40.8 Å². The predicted molar refractivity (Wildman–Crippen MR) is 29.5 cm³/mol. The number of hydrogen-bond donors (Lipinski definition) is 1. The van der Waals surface area contributed by atoms with Crippen molar-refractivity contribution in [1.29, 1.82) is 0 Å². The SMILES string of the molecule is O=[N+]([O-])O.O=[N+]([O-])[O-].O=[N+]([O-])[O-].[V]. The molecule has 13 heavy (non-hydrogen) atoms. The molecule has 0 unspecified atom stereocenters. The van der Waals surface area contributed by atoms with Gasteiger partial charge in [0.2, 0.25) is 0 Å². The van der Waals surface area contributed by atoms with Gasteiger partial charge in [-0.15, -0.1) is 10.1 Å². The van der Waals surface area contributed by atoms with Gasteiger partial charge in [0.25, 0.3) is 5.09 Å². The first kappa shape index (κ1) is 22.5. The van der Waals surface area contributed by atoms with E-state index >= 15 is 0 Å². The number of nitrogens with zero attached hydrogens (tertiary/aromatic N) is 3. The molecule has 12 nitrogen and oxygen atoms in total. The van der Waals surface area contributed by atoms with Crippen molar-refractivity contribution in [1.82, 2.24) is 0 Å². The van der Waals surface area contributed by atoms with E-state index in [1.54, 1.807) is 0 Å².